The average Bonchev–Trinajstić information content (AvgIpc) is 3.06. The standard InChI is InChI=1S/C18H24N4O2/c1-3-4-9-16-20-17(24-21-16)12-22-11-14-8-6-5-7-13(14)10-15(22)18(23)19-2/h5-8,15H,3-4,9-12H2,1-2H3,(H,19,23)/t15-/m0/s1. The number of unbranched alkanes of at least 4 members (excludes halogenated alkanes) is 1. The van der Waals surface area contributed by atoms with Crippen molar-refractivity contribution in [1.82, 2.24) is 20.4 Å². The van der Waals surface area contributed by atoms with Crippen LogP contribution in [0.25, 0.3) is 0 Å². The summed E-state index contributed by atoms with van der Waals surface area (Å²) in [4.78, 5) is 18.9. The highest BCUT2D eigenvalue weighted by Crippen LogP contribution is 2.24. The van der Waals surface area contributed by atoms with Crippen molar-refractivity contribution in [2.75, 3.05) is 7.05 Å². The number of aryl methyl sites for hydroxylation is 1. The molecule has 2 heterocycles. The van der Waals surface area contributed by atoms with Crippen molar-refractivity contribution in [2.45, 2.75) is 51.7 Å². The molecule has 1 aromatic carbocycles. The van der Waals surface area contributed by atoms with E-state index >= 15 is 0 Å². The van der Waals surface area contributed by atoms with Gasteiger partial charge in [0, 0.05) is 20.0 Å². The number of likely N-dealkylation sites (N-methyl/N-ethyl adjacent to an activating group) is 1. The van der Waals surface area contributed by atoms with Crippen LogP contribution in [0, 0.1) is 0 Å². The smallest absolute Gasteiger partial charge is 0.240 e. The van der Waals surface area contributed by atoms with Gasteiger partial charge in [0.15, 0.2) is 5.82 Å². The number of carbonyl (C=O) groups is 1. The molecule has 6 heteroatoms. The summed E-state index contributed by atoms with van der Waals surface area (Å²) < 4.78 is 5.38. The van der Waals surface area contributed by atoms with Gasteiger partial charge in [-0.1, -0.05) is 42.8 Å². The van der Waals surface area contributed by atoms with E-state index in [9.17, 15) is 4.79 Å². The Hall–Kier alpha value is -2.21. The van der Waals surface area contributed by atoms with Crippen LogP contribution in [0.1, 0.15) is 42.6 Å². The molecule has 0 bridgehead atoms. The van der Waals surface area contributed by atoms with Gasteiger partial charge in [-0.25, -0.2) is 0 Å². The maximum atomic E-state index is 12.3. The first kappa shape index (κ1) is 16.6. The van der Waals surface area contributed by atoms with Crippen molar-refractivity contribution in [3.63, 3.8) is 0 Å². The summed E-state index contributed by atoms with van der Waals surface area (Å²) in [7, 11) is 1.68. The molecule has 1 aromatic heterocycles. The van der Waals surface area contributed by atoms with E-state index in [1.807, 2.05) is 12.1 Å². The molecule has 1 amide bonds. The molecule has 0 aliphatic carbocycles. The number of aromatic nitrogens is 2. The molecule has 0 fully saturated rings. The predicted molar refractivity (Wildman–Crippen MR) is 90.2 cm³/mol. The van der Waals surface area contributed by atoms with E-state index in [0.29, 0.717) is 25.4 Å². The lowest BCUT2D eigenvalue weighted by atomic mass is 9.93. The fraction of sp³-hybridized carbons (Fsp3) is 0.500. The molecule has 3 rings (SSSR count). The summed E-state index contributed by atoms with van der Waals surface area (Å²) in [6, 6.07) is 8.05. The quantitative estimate of drug-likeness (QED) is 0.879. The lowest BCUT2D eigenvalue weighted by molar-refractivity contribution is -0.126. The van der Waals surface area contributed by atoms with Gasteiger partial charge in [-0.05, 0) is 24.0 Å². The zero-order valence-corrected chi connectivity index (χ0v) is 14.3. The van der Waals surface area contributed by atoms with Gasteiger partial charge in [-0.3, -0.25) is 9.69 Å². The molecule has 24 heavy (non-hydrogen) atoms. The van der Waals surface area contributed by atoms with Crippen LogP contribution in [-0.4, -0.2) is 34.0 Å². The van der Waals surface area contributed by atoms with E-state index in [4.69, 9.17) is 4.52 Å². The maximum absolute atomic E-state index is 12.3. The van der Waals surface area contributed by atoms with Crippen LogP contribution in [-0.2, 0) is 30.7 Å². The van der Waals surface area contributed by atoms with Crippen molar-refractivity contribution in [3.05, 3.63) is 47.1 Å². The minimum Gasteiger partial charge on any atom is -0.358 e. The predicted octanol–water partition coefficient (Wildman–Crippen LogP) is 2.09. The fourth-order valence-corrected chi connectivity index (χ4v) is 3.13. The van der Waals surface area contributed by atoms with Crippen molar-refractivity contribution in [1.29, 1.82) is 0 Å². The van der Waals surface area contributed by atoms with E-state index in [1.54, 1.807) is 7.05 Å². The van der Waals surface area contributed by atoms with Crippen molar-refractivity contribution < 1.29 is 9.32 Å². The van der Waals surface area contributed by atoms with Gasteiger partial charge in [0.25, 0.3) is 0 Å². The summed E-state index contributed by atoms with van der Waals surface area (Å²) in [6.45, 7) is 3.34. The van der Waals surface area contributed by atoms with Crippen LogP contribution < -0.4 is 5.32 Å². The Morgan fingerprint density at radius 2 is 2.17 bits per heavy atom. The molecule has 0 saturated carbocycles. The molecule has 0 spiro atoms. The van der Waals surface area contributed by atoms with Gasteiger partial charge in [-0.15, -0.1) is 0 Å². The number of rotatable bonds is 6. The zero-order chi connectivity index (χ0) is 16.9. The zero-order valence-electron chi connectivity index (χ0n) is 14.3. The first-order valence-electron chi connectivity index (χ1n) is 8.55. The first-order valence-corrected chi connectivity index (χ1v) is 8.55. The second-order valence-corrected chi connectivity index (χ2v) is 6.22. The van der Waals surface area contributed by atoms with Crippen molar-refractivity contribution in [2.24, 2.45) is 0 Å². The molecular formula is C18H24N4O2. The number of amides is 1. The largest absolute Gasteiger partial charge is 0.358 e. The van der Waals surface area contributed by atoms with Crippen LogP contribution in [0.5, 0.6) is 0 Å². The summed E-state index contributed by atoms with van der Waals surface area (Å²) in [5.74, 6) is 1.35. The monoisotopic (exact) mass is 328 g/mol. The van der Waals surface area contributed by atoms with E-state index in [2.05, 4.69) is 39.4 Å². The Bertz CT molecular complexity index is 698. The molecule has 1 atom stereocenters. The topological polar surface area (TPSA) is 71.3 Å². The van der Waals surface area contributed by atoms with Gasteiger partial charge >= 0.3 is 0 Å². The first-order chi connectivity index (χ1) is 11.7. The number of benzene rings is 1. The van der Waals surface area contributed by atoms with Crippen LogP contribution in [0.3, 0.4) is 0 Å². The Labute approximate surface area is 142 Å². The third-order valence-electron chi connectivity index (χ3n) is 4.50. The van der Waals surface area contributed by atoms with Gasteiger partial charge in [0.2, 0.25) is 11.8 Å². The summed E-state index contributed by atoms with van der Waals surface area (Å²) >= 11 is 0. The van der Waals surface area contributed by atoms with Crippen LogP contribution in [0.2, 0.25) is 0 Å². The number of hydrogen-bond acceptors (Lipinski definition) is 5. The highest BCUT2D eigenvalue weighted by atomic mass is 16.5. The van der Waals surface area contributed by atoms with E-state index < -0.39 is 0 Å². The van der Waals surface area contributed by atoms with E-state index in [-0.39, 0.29) is 11.9 Å². The molecule has 0 unspecified atom stereocenters. The Morgan fingerprint density at radius 1 is 1.38 bits per heavy atom. The molecule has 6 nitrogen and oxygen atoms in total. The van der Waals surface area contributed by atoms with Crippen LogP contribution in [0.15, 0.2) is 28.8 Å². The molecule has 128 valence electrons. The van der Waals surface area contributed by atoms with Gasteiger partial charge in [-0.2, -0.15) is 4.98 Å². The summed E-state index contributed by atoms with van der Waals surface area (Å²) in [5, 5.41) is 6.81. The Morgan fingerprint density at radius 3 is 2.92 bits per heavy atom. The van der Waals surface area contributed by atoms with Crippen molar-refractivity contribution >= 4 is 5.91 Å². The SMILES string of the molecule is CCCCc1noc(CN2Cc3ccccc3C[C@H]2C(=O)NC)n1. The van der Waals surface area contributed by atoms with Gasteiger partial charge in [0.05, 0.1) is 12.6 Å². The third kappa shape index (κ3) is 3.64. The van der Waals surface area contributed by atoms with Crippen LogP contribution in [0.4, 0.5) is 0 Å². The number of carbonyl (C=O) groups excluding carboxylic acids is 1. The normalized spacial score (nSPS) is 17.5. The van der Waals surface area contributed by atoms with Crippen LogP contribution >= 0.6 is 0 Å². The van der Waals surface area contributed by atoms with Gasteiger partial charge in [0.1, 0.15) is 0 Å². The lowest BCUT2D eigenvalue weighted by Gasteiger charge is -2.34. The number of fused-ring (bicyclic) bond motifs is 1. The Kier molecular flexibility index (Phi) is 5.25. The molecular weight excluding hydrogens is 304 g/mol. The summed E-state index contributed by atoms with van der Waals surface area (Å²) in [6.07, 6.45) is 3.69. The van der Waals surface area contributed by atoms with Gasteiger partial charge < -0.3 is 9.84 Å². The number of nitrogens with one attached hydrogen (secondary N) is 1. The fourth-order valence-electron chi connectivity index (χ4n) is 3.13. The molecule has 0 saturated heterocycles. The third-order valence-corrected chi connectivity index (χ3v) is 4.50. The highest BCUT2D eigenvalue weighted by Gasteiger charge is 2.31. The van der Waals surface area contributed by atoms with E-state index in [1.165, 1.54) is 11.1 Å². The van der Waals surface area contributed by atoms with E-state index in [0.717, 1.165) is 25.1 Å². The second-order valence-electron chi connectivity index (χ2n) is 6.22. The minimum atomic E-state index is -0.212. The molecule has 0 radical (unpaired) electrons. The maximum Gasteiger partial charge on any atom is 0.240 e. The second kappa shape index (κ2) is 7.57. The Balaban J connectivity index is 1.76. The number of hydrogen-bond donors (Lipinski definition) is 1. The number of nitrogens with zero attached hydrogens (tertiary/aromatic N) is 3. The molecule has 1 aliphatic heterocycles. The van der Waals surface area contributed by atoms with Crippen molar-refractivity contribution in [3.8, 4) is 0 Å². The average molecular weight is 328 g/mol. The highest BCUT2D eigenvalue weighted by molar-refractivity contribution is 5.82. The molecule has 1 N–H and O–H groups in total. The molecule has 1 aliphatic rings. The molecule has 2 aromatic rings. The minimum absolute atomic E-state index is 0.0234. The summed E-state index contributed by atoms with van der Waals surface area (Å²) in [5.41, 5.74) is 2.49. The lowest BCUT2D eigenvalue weighted by Crippen LogP contribution is -2.49.